The second-order valence-electron chi connectivity index (χ2n) is 14.1. The van der Waals surface area contributed by atoms with E-state index in [1.165, 1.54) is 50.5 Å². The predicted molar refractivity (Wildman–Crippen MR) is 128 cm³/mol. The summed E-state index contributed by atoms with van der Waals surface area (Å²) in [6.45, 7) is 16.8. The average Bonchev–Trinajstić information content (AvgIpc) is 3.19. The van der Waals surface area contributed by atoms with Gasteiger partial charge in [0.2, 0.25) is 0 Å². The van der Waals surface area contributed by atoms with Crippen LogP contribution in [-0.2, 0) is 4.74 Å². The van der Waals surface area contributed by atoms with E-state index in [4.69, 9.17) is 4.74 Å². The Hall–Kier alpha value is -0.340. The highest BCUT2D eigenvalue weighted by Gasteiger charge is 2.79. The summed E-state index contributed by atoms with van der Waals surface area (Å²) in [4.78, 5) is 0. The fraction of sp³-hybridized carbons (Fsp3) is 0.931. The highest BCUT2D eigenvalue weighted by Crippen LogP contribution is 2.77. The van der Waals surface area contributed by atoms with Crippen molar-refractivity contribution in [1.82, 2.24) is 0 Å². The molecule has 0 aromatic rings. The maximum absolute atomic E-state index is 11.6. The van der Waals surface area contributed by atoms with Crippen molar-refractivity contribution in [3.05, 3.63) is 11.6 Å². The summed E-state index contributed by atoms with van der Waals surface area (Å²) in [6, 6.07) is 0. The Morgan fingerprint density at radius 3 is 2.39 bits per heavy atom. The summed E-state index contributed by atoms with van der Waals surface area (Å²) >= 11 is 0. The fourth-order valence-corrected chi connectivity index (χ4v) is 10.4. The zero-order valence-electron chi connectivity index (χ0n) is 21.4. The molecule has 0 amide bonds. The van der Waals surface area contributed by atoms with Crippen molar-refractivity contribution in [2.45, 2.75) is 130 Å². The third kappa shape index (κ3) is 3.02. The van der Waals surface area contributed by atoms with Crippen LogP contribution in [0.5, 0.6) is 0 Å². The van der Waals surface area contributed by atoms with Crippen LogP contribution in [0.15, 0.2) is 11.6 Å². The second-order valence-corrected chi connectivity index (χ2v) is 14.1. The van der Waals surface area contributed by atoms with Gasteiger partial charge < -0.3 is 9.84 Å². The highest BCUT2D eigenvalue weighted by atomic mass is 16.6. The van der Waals surface area contributed by atoms with Gasteiger partial charge in [0.05, 0.1) is 11.7 Å². The second kappa shape index (κ2) is 6.84. The van der Waals surface area contributed by atoms with Crippen LogP contribution in [0.4, 0.5) is 0 Å². The molecule has 31 heavy (non-hydrogen) atoms. The average molecular weight is 429 g/mol. The van der Waals surface area contributed by atoms with Gasteiger partial charge in [-0.15, -0.1) is 0 Å². The molecule has 0 bridgehead atoms. The van der Waals surface area contributed by atoms with Gasteiger partial charge in [0.15, 0.2) is 0 Å². The predicted octanol–water partition coefficient (Wildman–Crippen LogP) is 7.30. The molecule has 0 aromatic carbocycles. The van der Waals surface area contributed by atoms with E-state index in [1.54, 1.807) is 0 Å². The van der Waals surface area contributed by atoms with Crippen LogP contribution in [0.3, 0.4) is 0 Å². The Morgan fingerprint density at radius 2 is 1.68 bits per heavy atom. The van der Waals surface area contributed by atoms with Crippen molar-refractivity contribution in [1.29, 1.82) is 0 Å². The van der Waals surface area contributed by atoms with Gasteiger partial charge >= 0.3 is 0 Å². The van der Waals surface area contributed by atoms with Crippen LogP contribution in [0.25, 0.3) is 0 Å². The number of rotatable bonds is 4. The molecule has 4 aliphatic carbocycles. The first-order chi connectivity index (χ1) is 14.4. The zero-order chi connectivity index (χ0) is 22.4. The molecule has 176 valence electrons. The lowest BCUT2D eigenvalue weighted by molar-refractivity contribution is -0.166. The molecule has 1 spiro atoms. The van der Waals surface area contributed by atoms with E-state index in [2.05, 4.69) is 54.5 Å². The molecule has 4 saturated carbocycles. The molecular formula is C29H48O2. The number of ether oxygens (including phenoxy) is 1. The van der Waals surface area contributed by atoms with Gasteiger partial charge in [-0.2, -0.15) is 0 Å². The van der Waals surface area contributed by atoms with Gasteiger partial charge in [0, 0.05) is 5.92 Å². The first-order valence-corrected chi connectivity index (χ1v) is 13.4. The summed E-state index contributed by atoms with van der Waals surface area (Å²) in [5.41, 5.74) is 2.06. The van der Waals surface area contributed by atoms with Crippen molar-refractivity contribution in [2.24, 2.45) is 39.9 Å². The van der Waals surface area contributed by atoms with Gasteiger partial charge in [0.1, 0.15) is 5.60 Å². The summed E-state index contributed by atoms with van der Waals surface area (Å²) in [6.07, 6.45) is 15.2. The number of hydrogen-bond donors (Lipinski definition) is 1. The maximum atomic E-state index is 11.6. The number of hydrogen-bond acceptors (Lipinski definition) is 2. The van der Waals surface area contributed by atoms with Crippen LogP contribution in [0.1, 0.15) is 113 Å². The van der Waals surface area contributed by atoms with E-state index in [0.29, 0.717) is 34.2 Å². The third-order valence-corrected chi connectivity index (χ3v) is 11.7. The van der Waals surface area contributed by atoms with Crippen LogP contribution < -0.4 is 0 Å². The van der Waals surface area contributed by atoms with E-state index in [0.717, 1.165) is 31.1 Å². The molecule has 5 fully saturated rings. The Balaban J connectivity index is 1.43. The third-order valence-electron chi connectivity index (χ3n) is 11.7. The van der Waals surface area contributed by atoms with Gasteiger partial charge in [-0.1, -0.05) is 45.8 Å². The van der Waals surface area contributed by atoms with Crippen molar-refractivity contribution in [3.63, 3.8) is 0 Å². The lowest BCUT2D eigenvalue weighted by Crippen LogP contribution is -2.61. The van der Waals surface area contributed by atoms with Crippen molar-refractivity contribution in [3.8, 4) is 0 Å². The quantitative estimate of drug-likeness (QED) is 0.376. The Bertz CT molecular complexity index is 761. The molecule has 0 aromatic heterocycles. The Morgan fingerprint density at radius 1 is 0.968 bits per heavy atom. The molecule has 1 aliphatic heterocycles. The molecule has 1 heterocycles. The van der Waals surface area contributed by atoms with Crippen LogP contribution in [0.2, 0.25) is 0 Å². The molecule has 5 unspecified atom stereocenters. The van der Waals surface area contributed by atoms with E-state index in [9.17, 15) is 5.11 Å². The fourth-order valence-electron chi connectivity index (χ4n) is 10.4. The molecule has 5 rings (SSSR count). The Kier molecular flexibility index (Phi) is 4.96. The summed E-state index contributed by atoms with van der Waals surface area (Å²) in [5, 5.41) is 11.6. The van der Waals surface area contributed by atoms with E-state index in [-0.39, 0.29) is 5.60 Å². The monoisotopic (exact) mass is 428 g/mol. The highest BCUT2D eigenvalue weighted by molar-refractivity contribution is 5.27. The topological polar surface area (TPSA) is 32.8 Å². The van der Waals surface area contributed by atoms with E-state index in [1.807, 2.05) is 0 Å². The number of fused-ring (bicyclic) bond motifs is 4. The van der Waals surface area contributed by atoms with Gasteiger partial charge in [-0.05, 0) is 113 Å². The minimum absolute atomic E-state index is 0.0207. The summed E-state index contributed by atoms with van der Waals surface area (Å²) < 4.78 is 6.77. The lowest BCUT2D eigenvalue weighted by atomic mass is 9.38. The van der Waals surface area contributed by atoms with E-state index >= 15 is 0 Å². The number of allylic oxidation sites excluding steroid dienone is 2. The molecular weight excluding hydrogens is 380 g/mol. The summed E-state index contributed by atoms with van der Waals surface area (Å²) in [5.74, 6) is 2.61. The first-order valence-electron chi connectivity index (χ1n) is 13.4. The number of aliphatic hydroxyl groups is 1. The lowest BCUT2D eigenvalue weighted by Gasteiger charge is -2.65. The minimum atomic E-state index is -0.618. The molecule has 9 atom stereocenters. The maximum Gasteiger partial charge on any atom is 0.104 e. The Labute approximate surface area is 191 Å². The molecule has 2 nitrogen and oxygen atoms in total. The zero-order valence-corrected chi connectivity index (χ0v) is 21.4. The van der Waals surface area contributed by atoms with Gasteiger partial charge in [0.25, 0.3) is 0 Å². The van der Waals surface area contributed by atoms with Gasteiger partial charge in [-0.25, -0.2) is 0 Å². The minimum Gasteiger partial charge on any atom is -0.390 e. The van der Waals surface area contributed by atoms with Crippen LogP contribution >= 0.6 is 0 Å². The SMILES string of the molecule is CC(C)=CCC[C@](C)(O)C1CCC2[C@]3(C)CCC4C(C)(C)CCC[C@]4(C)C3CC3O[C@]321. The molecule has 5 aliphatic rings. The normalized spacial score (nSPS) is 51.5. The van der Waals surface area contributed by atoms with Crippen LogP contribution in [0, 0.1) is 39.9 Å². The van der Waals surface area contributed by atoms with E-state index < -0.39 is 5.60 Å². The van der Waals surface area contributed by atoms with Crippen molar-refractivity contribution < 1.29 is 9.84 Å². The van der Waals surface area contributed by atoms with Crippen LogP contribution in [-0.4, -0.2) is 22.4 Å². The smallest absolute Gasteiger partial charge is 0.104 e. The van der Waals surface area contributed by atoms with Crippen molar-refractivity contribution in [2.75, 3.05) is 0 Å². The molecule has 1 saturated heterocycles. The molecule has 2 heteroatoms. The van der Waals surface area contributed by atoms with Crippen molar-refractivity contribution >= 4 is 0 Å². The molecule has 0 radical (unpaired) electrons. The standard InChI is InChI=1S/C29H48O2/c1-19(2)10-8-16-28(7,30)22-12-11-21-27(6)17-13-20-25(3,4)14-9-15-26(20,5)23(27)18-24-29(21,22)31-24/h10,20-24,30H,8-9,11-18H2,1-7H3/t20?,21?,22?,23?,24?,26-,27-,28-,29+/m0/s1. The first kappa shape index (κ1) is 22.5. The number of epoxide rings is 1. The molecule has 1 N–H and O–H groups in total. The largest absolute Gasteiger partial charge is 0.390 e. The van der Waals surface area contributed by atoms with Gasteiger partial charge in [-0.3, -0.25) is 0 Å². The summed E-state index contributed by atoms with van der Waals surface area (Å²) in [7, 11) is 0.